The van der Waals surface area contributed by atoms with Crippen LogP contribution in [0.15, 0.2) is 35.5 Å². The average Bonchev–Trinajstić information content (AvgIpc) is 3.06. The number of nitrogens with one attached hydrogen (secondary N) is 1. The summed E-state index contributed by atoms with van der Waals surface area (Å²) in [5.41, 5.74) is 10.0. The summed E-state index contributed by atoms with van der Waals surface area (Å²) in [7, 11) is 1.93. The molecule has 1 atom stereocenters. The summed E-state index contributed by atoms with van der Waals surface area (Å²) in [4.78, 5) is 9.25. The topological polar surface area (TPSA) is 86.1 Å². The number of anilines is 1. The third-order valence-electron chi connectivity index (χ3n) is 4.05. The van der Waals surface area contributed by atoms with Crippen LogP contribution in [0.3, 0.4) is 0 Å². The standard InChI is InChI=1S/C16H19N7/c1-9(2)13-10(8-22(3)21-13)14-19-15(17)20-16-18-11-6-4-5-7-12(11)23(14)16/h4-9,14H,1-3H3,(H3,17,18,19,20)/t14-/m0/s1. The van der Waals surface area contributed by atoms with Gasteiger partial charge in [0.2, 0.25) is 5.95 Å². The van der Waals surface area contributed by atoms with Gasteiger partial charge in [-0.25, -0.2) is 9.98 Å². The molecule has 0 bridgehead atoms. The summed E-state index contributed by atoms with van der Waals surface area (Å²) < 4.78 is 3.91. The fourth-order valence-corrected chi connectivity index (χ4v) is 3.10. The fourth-order valence-electron chi connectivity index (χ4n) is 3.10. The molecule has 0 saturated heterocycles. The summed E-state index contributed by atoms with van der Waals surface area (Å²) in [6.45, 7) is 4.26. The molecular formula is C16H19N7. The van der Waals surface area contributed by atoms with Gasteiger partial charge in [0.15, 0.2) is 12.1 Å². The molecule has 3 N–H and O–H groups in total. The maximum absolute atomic E-state index is 5.99. The van der Waals surface area contributed by atoms with Crippen LogP contribution in [0.1, 0.15) is 37.2 Å². The number of hydrogen-bond donors (Lipinski definition) is 2. The summed E-state index contributed by atoms with van der Waals surface area (Å²) in [6, 6.07) is 8.01. The highest BCUT2D eigenvalue weighted by Gasteiger charge is 2.28. The van der Waals surface area contributed by atoms with Gasteiger partial charge < -0.3 is 5.73 Å². The zero-order valence-corrected chi connectivity index (χ0v) is 13.4. The lowest BCUT2D eigenvalue weighted by Crippen LogP contribution is -2.31. The molecule has 4 rings (SSSR count). The number of para-hydroxylation sites is 2. The number of nitrogens with two attached hydrogens (primary N) is 1. The molecule has 7 heteroatoms. The Bertz CT molecular complexity index is 916. The van der Waals surface area contributed by atoms with Gasteiger partial charge in [0.05, 0.1) is 16.7 Å². The van der Waals surface area contributed by atoms with E-state index < -0.39 is 0 Å². The zero-order chi connectivity index (χ0) is 16.1. The van der Waals surface area contributed by atoms with E-state index in [0.29, 0.717) is 17.8 Å². The third-order valence-corrected chi connectivity index (χ3v) is 4.05. The second kappa shape index (κ2) is 4.84. The van der Waals surface area contributed by atoms with Gasteiger partial charge in [-0.15, -0.1) is 0 Å². The number of guanidine groups is 1. The van der Waals surface area contributed by atoms with E-state index in [0.717, 1.165) is 22.3 Å². The Balaban J connectivity index is 1.98. The molecule has 3 heterocycles. The van der Waals surface area contributed by atoms with E-state index in [-0.39, 0.29) is 6.17 Å². The first kappa shape index (κ1) is 13.8. The van der Waals surface area contributed by atoms with Gasteiger partial charge in [0, 0.05) is 18.8 Å². The molecule has 0 saturated carbocycles. The van der Waals surface area contributed by atoms with Gasteiger partial charge in [0.25, 0.3) is 0 Å². The molecule has 0 spiro atoms. The molecule has 23 heavy (non-hydrogen) atoms. The molecule has 1 aliphatic rings. The molecule has 1 aromatic carbocycles. The second-order valence-electron chi connectivity index (χ2n) is 6.11. The number of imidazole rings is 1. The number of rotatable bonds is 2. The monoisotopic (exact) mass is 309 g/mol. The lowest BCUT2D eigenvalue weighted by molar-refractivity contribution is 0.613. The Morgan fingerprint density at radius 2 is 2.04 bits per heavy atom. The normalized spacial score (nSPS) is 17.2. The van der Waals surface area contributed by atoms with Gasteiger partial charge in [-0.05, 0) is 18.1 Å². The Hall–Kier alpha value is -2.83. The highest BCUT2D eigenvalue weighted by Crippen LogP contribution is 2.35. The van der Waals surface area contributed by atoms with E-state index in [9.17, 15) is 0 Å². The molecule has 0 fully saturated rings. The van der Waals surface area contributed by atoms with Crippen LogP contribution in [0.4, 0.5) is 5.95 Å². The molecule has 0 aliphatic carbocycles. The van der Waals surface area contributed by atoms with Crippen molar-refractivity contribution in [3.8, 4) is 0 Å². The van der Waals surface area contributed by atoms with Crippen LogP contribution in [-0.2, 0) is 7.05 Å². The third kappa shape index (κ3) is 2.08. The van der Waals surface area contributed by atoms with E-state index in [2.05, 4.69) is 38.8 Å². The molecule has 7 nitrogen and oxygen atoms in total. The van der Waals surface area contributed by atoms with Crippen molar-refractivity contribution in [1.29, 1.82) is 0 Å². The van der Waals surface area contributed by atoms with Gasteiger partial charge in [-0.3, -0.25) is 14.6 Å². The molecule has 3 aromatic rings. The maximum Gasteiger partial charge on any atom is 0.212 e. The Morgan fingerprint density at radius 1 is 1.26 bits per heavy atom. The van der Waals surface area contributed by atoms with Crippen molar-refractivity contribution >= 4 is 22.9 Å². The van der Waals surface area contributed by atoms with E-state index >= 15 is 0 Å². The van der Waals surface area contributed by atoms with Crippen LogP contribution in [0.5, 0.6) is 0 Å². The number of benzene rings is 1. The smallest absolute Gasteiger partial charge is 0.212 e. The Kier molecular flexibility index (Phi) is 2.90. The van der Waals surface area contributed by atoms with Crippen LogP contribution >= 0.6 is 0 Å². The highest BCUT2D eigenvalue weighted by molar-refractivity contribution is 5.94. The summed E-state index contributed by atoms with van der Waals surface area (Å²) in [6.07, 6.45) is 1.76. The van der Waals surface area contributed by atoms with Crippen molar-refractivity contribution in [1.82, 2.24) is 19.3 Å². The van der Waals surface area contributed by atoms with Crippen molar-refractivity contribution < 1.29 is 0 Å². The minimum Gasteiger partial charge on any atom is -0.370 e. The fraction of sp³-hybridized carbons (Fsp3) is 0.312. The van der Waals surface area contributed by atoms with Crippen LogP contribution in [0, 0.1) is 0 Å². The number of aliphatic imine (C=N–C) groups is 1. The second-order valence-corrected chi connectivity index (χ2v) is 6.11. The largest absolute Gasteiger partial charge is 0.370 e. The zero-order valence-electron chi connectivity index (χ0n) is 13.4. The number of aryl methyl sites for hydroxylation is 1. The molecule has 118 valence electrons. The number of nitrogens with zero attached hydrogens (tertiary/aromatic N) is 5. The van der Waals surface area contributed by atoms with Crippen LogP contribution in [0.25, 0.3) is 11.0 Å². The predicted octanol–water partition coefficient (Wildman–Crippen LogP) is 2.18. The van der Waals surface area contributed by atoms with Crippen LogP contribution < -0.4 is 11.1 Å². The molecule has 0 unspecified atom stereocenters. The summed E-state index contributed by atoms with van der Waals surface area (Å²) >= 11 is 0. The van der Waals surface area contributed by atoms with Crippen molar-refractivity contribution in [2.45, 2.75) is 25.9 Å². The lowest BCUT2D eigenvalue weighted by Gasteiger charge is -2.24. The summed E-state index contributed by atoms with van der Waals surface area (Å²) in [5, 5.41) is 7.66. The highest BCUT2D eigenvalue weighted by atomic mass is 15.4. The average molecular weight is 309 g/mol. The van der Waals surface area contributed by atoms with E-state index in [1.54, 1.807) is 0 Å². The predicted molar refractivity (Wildman–Crippen MR) is 90.4 cm³/mol. The molecular weight excluding hydrogens is 290 g/mol. The Morgan fingerprint density at radius 3 is 2.83 bits per heavy atom. The van der Waals surface area contributed by atoms with Crippen molar-refractivity contribution in [3.05, 3.63) is 41.7 Å². The summed E-state index contributed by atoms with van der Waals surface area (Å²) in [5.74, 6) is 1.38. The first-order valence-electron chi connectivity index (χ1n) is 7.65. The van der Waals surface area contributed by atoms with E-state index in [4.69, 9.17) is 5.73 Å². The van der Waals surface area contributed by atoms with Crippen LogP contribution in [0.2, 0.25) is 0 Å². The minimum atomic E-state index is -0.259. The number of fused-ring (bicyclic) bond motifs is 3. The van der Waals surface area contributed by atoms with Gasteiger partial charge >= 0.3 is 0 Å². The van der Waals surface area contributed by atoms with E-state index in [1.807, 2.05) is 42.2 Å². The SMILES string of the molecule is CC(C)c1nn(C)cc1[C@H]1N=C(N)Nc2nc3ccccc3n21. The Labute approximate surface area is 133 Å². The molecule has 0 radical (unpaired) electrons. The minimum absolute atomic E-state index is 0.259. The van der Waals surface area contributed by atoms with Gasteiger partial charge in [0.1, 0.15) is 0 Å². The maximum atomic E-state index is 5.99. The van der Waals surface area contributed by atoms with E-state index in [1.165, 1.54) is 0 Å². The quantitative estimate of drug-likeness (QED) is 0.759. The van der Waals surface area contributed by atoms with Crippen molar-refractivity contribution in [2.75, 3.05) is 5.32 Å². The lowest BCUT2D eigenvalue weighted by atomic mass is 10.0. The molecule has 1 aliphatic heterocycles. The first-order chi connectivity index (χ1) is 11.0. The van der Waals surface area contributed by atoms with Gasteiger partial charge in [-0.1, -0.05) is 26.0 Å². The number of aromatic nitrogens is 4. The van der Waals surface area contributed by atoms with Crippen molar-refractivity contribution in [3.63, 3.8) is 0 Å². The van der Waals surface area contributed by atoms with Crippen molar-refractivity contribution in [2.24, 2.45) is 17.8 Å². The molecule has 2 aromatic heterocycles. The van der Waals surface area contributed by atoms with Crippen LogP contribution in [-0.4, -0.2) is 25.3 Å². The first-order valence-corrected chi connectivity index (χ1v) is 7.65. The number of hydrogen-bond acceptors (Lipinski definition) is 5. The van der Waals surface area contributed by atoms with Gasteiger partial charge in [-0.2, -0.15) is 5.10 Å². The molecule has 0 amide bonds.